The van der Waals surface area contributed by atoms with Crippen molar-refractivity contribution in [3.63, 3.8) is 0 Å². The highest BCUT2D eigenvalue weighted by molar-refractivity contribution is 5.86. The van der Waals surface area contributed by atoms with Gasteiger partial charge in [-0.15, -0.1) is 5.10 Å². The second kappa shape index (κ2) is 6.44. The van der Waals surface area contributed by atoms with Crippen LogP contribution in [0.4, 0.5) is 0 Å². The largest absolute Gasteiger partial charge is 0.476 e. The second-order valence-electron chi connectivity index (χ2n) is 4.79. The Bertz CT molecular complexity index is 619. The van der Waals surface area contributed by atoms with Crippen LogP contribution in [0.5, 0.6) is 0 Å². The summed E-state index contributed by atoms with van der Waals surface area (Å²) >= 11 is 0. The predicted octanol–water partition coefficient (Wildman–Crippen LogP) is 0.720. The summed E-state index contributed by atoms with van der Waals surface area (Å²) < 4.78 is 11.5. The van der Waals surface area contributed by atoms with E-state index < -0.39 is 5.97 Å². The molecule has 0 spiro atoms. The van der Waals surface area contributed by atoms with Crippen LogP contribution >= 0.6 is 0 Å². The molecule has 0 radical (unpaired) electrons. The van der Waals surface area contributed by atoms with Crippen LogP contribution in [-0.4, -0.2) is 49.9 Å². The molecule has 0 unspecified atom stereocenters. The maximum atomic E-state index is 11.1. The summed E-state index contributed by atoms with van der Waals surface area (Å²) in [6.45, 7) is 4.46. The van der Waals surface area contributed by atoms with E-state index in [1.165, 1.54) is 4.68 Å². The van der Waals surface area contributed by atoms with Crippen LogP contribution < -0.4 is 0 Å². The summed E-state index contributed by atoms with van der Waals surface area (Å²) in [7, 11) is 1.54. The average Bonchev–Trinajstić information content (AvgIpc) is 3.04. The maximum Gasteiger partial charge on any atom is 0.358 e. The minimum absolute atomic E-state index is 0.0837. The van der Waals surface area contributed by atoms with Gasteiger partial charge in [-0.1, -0.05) is 24.2 Å². The first-order valence-corrected chi connectivity index (χ1v) is 6.50. The highest BCUT2D eigenvalue weighted by Gasteiger charge is 2.20. The van der Waals surface area contributed by atoms with E-state index >= 15 is 0 Å². The van der Waals surface area contributed by atoms with Gasteiger partial charge >= 0.3 is 5.97 Å². The third kappa shape index (κ3) is 3.43. The first-order valence-electron chi connectivity index (χ1n) is 6.50. The van der Waals surface area contributed by atoms with E-state index in [1.807, 2.05) is 13.8 Å². The van der Waals surface area contributed by atoms with Crippen molar-refractivity contribution >= 4 is 5.97 Å². The number of nitrogens with zero attached hydrogens (tertiary/aromatic N) is 5. The van der Waals surface area contributed by atoms with E-state index in [-0.39, 0.29) is 18.2 Å². The number of methoxy groups -OCH3 is 1. The Morgan fingerprint density at radius 3 is 2.81 bits per heavy atom. The molecule has 0 aliphatic heterocycles. The van der Waals surface area contributed by atoms with Crippen molar-refractivity contribution < 1.29 is 19.2 Å². The molecule has 1 N–H and O–H groups in total. The monoisotopic (exact) mass is 295 g/mol. The molecule has 9 heteroatoms. The van der Waals surface area contributed by atoms with Crippen LogP contribution in [0.2, 0.25) is 0 Å². The van der Waals surface area contributed by atoms with Crippen LogP contribution in [0.1, 0.15) is 47.7 Å². The van der Waals surface area contributed by atoms with Crippen molar-refractivity contribution in [2.24, 2.45) is 0 Å². The number of hydrogen-bond donors (Lipinski definition) is 1. The standard InChI is InChI=1S/C12H17N5O4/c1-7(2)11-13-9(15-21-11)6-17-8(4-5-20-3)10(12(18)19)14-16-17/h7H,4-6H2,1-3H3,(H,18,19). The minimum atomic E-state index is -1.12. The number of ether oxygens (including phenoxy) is 1. The van der Waals surface area contributed by atoms with E-state index in [0.717, 1.165) is 0 Å². The van der Waals surface area contributed by atoms with Crippen molar-refractivity contribution in [1.29, 1.82) is 0 Å². The Balaban J connectivity index is 2.23. The van der Waals surface area contributed by atoms with E-state index in [1.54, 1.807) is 7.11 Å². The zero-order valence-electron chi connectivity index (χ0n) is 12.1. The molecule has 0 saturated carbocycles. The molecule has 0 aliphatic rings. The molecule has 0 aliphatic carbocycles. The first-order chi connectivity index (χ1) is 10.0. The van der Waals surface area contributed by atoms with Gasteiger partial charge in [0.2, 0.25) is 5.89 Å². The molecule has 2 aromatic rings. The molecular formula is C12H17N5O4. The molecule has 21 heavy (non-hydrogen) atoms. The van der Waals surface area contributed by atoms with Crippen molar-refractivity contribution in [3.8, 4) is 0 Å². The van der Waals surface area contributed by atoms with Crippen LogP contribution in [0.3, 0.4) is 0 Å². The van der Waals surface area contributed by atoms with Crippen LogP contribution in [0.25, 0.3) is 0 Å². The number of carboxylic acids is 1. The van der Waals surface area contributed by atoms with Gasteiger partial charge in [0.25, 0.3) is 0 Å². The van der Waals surface area contributed by atoms with Gasteiger partial charge in [0.15, 0.2) is 11.5 Å². The van der Waals surface area contributed by atoms with Crippen LogP contribution in [-0.2, 0) is 17.7 Å². The third-order valence-electron chi connectivity index (χ3n) is 2.85. The van der Waals surface area contributed by atoms with Gasteiger partial charge in [-0.2, -0.15) is 4.98 Å². The van der Waals surface area contributed by atoms with E-state index in [2.05, 4.69) is 20.5 Å². The molecular weight excluding hydrogens is 278 g/mol. The lowest BCUT2D eigenvalue weighted by Gasteiger charge is -2.04. The van der Waals surface area contributed by atoms with Crippen LogP contribution in [0, 0.1) is 0 Å². The average molecular weight is 295 g/mol. The van der Waals surface area contributed by atoms with Gasteiger partial charge in [-0.05, 0) is 0 Å². The van der Waals surface area contributed by atoms with Crippen molar-refractivity contribution in [2.75, 3.05) is 13.7 Å². The number of aromatic nitrogens is 5. The highest BCUT2D eigenvalue weighted by Crippen LogP contribution is 2.13. The molecule has 2 rings (SSSR count). The van der Waals surface area contributed by atoms with Crippen molar-refractivity contribution in [3.05, 3.63) is 23.1 Å². The van der Waals surface area contributed by atoms with Gasteiger partial charge in [-0.25, -0.2) is 9.48 Å². The van der Waals surface area contributed by atoms with Gasteiger partial charge < -0.3 is 14.4 Å². The van der Waals surface area contributed by atoms with Gasteiger partial charge in [0.1, 0.15) is 6.54 Å². The zero-order valence-corrected chi connectivity index (χ0v) is 12.1. The number of carbonyl (C=O) groups is 1. The molecule has 114 valence electrons. The van der Waals surface area contributed by atoms with Crippen molar-refractivity contribution in [2.45, 2.75) is 32.7 Å². The Labute approximate surface area is 120 Å². The normalized spacial score (nSPS) is 11.2. The van der Waals surface area contributed by atoms with Crippen LogP contribution in [0.15, 0.2) is 4.52 Å². The molecule has 0 bridgehead atoms. The molecule has 0 amide bonds. The lowest BCUT2D eigenvalue weighted by Crippen LogP contribution is -2.12. The molecule has 0 saturated heterocycles. The maximum absolute atomic E-state index is 11.1. The summed E-state index contributed by atoms with van der Waals surface area (Å²) in [6, 6.07) is 0. The molecule has 0 atom stereocenters. The number of hydrogen-bond acceptors (Lipinski definition) is 7. The molecule has 9 nitrogen and oxygen atoms in total. The number of rotatable bonds is 7. The lowest BCUT2D eigenvalue weighted by atomic mass is 10.2. The van der Waals surface area contributed by atoms with E-state index in [0.29, 0.717) is 30.4 Å². The Morgan fingerprint density at radius 2 is 2.24 bits per heavy atom. The number of aromatic carboxylic acids is 1. The zero-order chi connectivity index (χ0) is 15.4. The fourth-order valence-electron chi connectivity index (χ4n) is 1.77. The summed E-state index contributed by atoms with van der Waals surface area (Å²) in [4.78, 5) is 15.4. The van der Waals surface area contributed by atoms with Gasteiger partial charge in [-0.3, -0.25) is 0 Å². The van der Waals surface area contributed by atoms with Gasteiger partial charge in [0.05, 0.1) is 12.3 Å². The summed E-state index contributed by atoms with van der Waals surface area (Å²) in [6.07, 6.45) is 0.389. The SMILES string of the molecule is COCCc1c(C(=O)O)nnn1Cc1noc(C(C)C)n1. The predicted molar refractivity (Wildman–Crippen MR) is 70.1 cm³/mol. The van der Waals surface area contributed by atoms with Crippen molar-refractivity contribution in [1.82, 2.24) is 25.1 Å². The third-order valence-corrected chi connectivity index (χ3v) is 2.85. The summed E-state index contributed by atoms with van der Waals surface area (Å²) in [5, 5.41) is 20.5. The van der Waals surface area contributed by atoms with Gasteiger partial charge in [0, 0.05) is 19.4 Å². The lowest BCUT2D eigenvalue weighted by molar-refractivity contribution is 0.0688. The summed E-state index contributed by atoms with van der Waals surface area (Å²) in [5.41, 5.74) is 0.389. The summed E-state index contributed by atoms with van der Waals surface area (Å²) in [5.74, 6) is -0.0332. The Hall–Kier alpha value is -2.29. The first kappa shape index (κ1) is 15.1. The fourth-order valence-corrected chi connectivity index (χ4v) is 1.77. The van der Waals surface area contributed by atoms with E-state index in [9.17, 15) is 4.79 Å². The molecule has 2 aromatic heterocycles. The minimum Gasteiger partial charge on any atom is -0.476 e. The topological polar surface area (TPSA) is 116 Å². The number of carboxylic acid groups (broad SMARTS) is 1. The molecule has 0 fully saturated rings. The Morgan fingerprint density at radius 1 is 1.48 bits per heavy atom. The second-order valence-corrected chi connectivity index (χ2v) is 4.79. The molecule has 2 heterocycles. The smallest absolute Gasteiger partial charge is 0.358 e. The fraction of sp³-hybridized carbons (Fsp3) is 0.583. The Kier molecular flexibility index (Phi) is 4.63. The van der Waals surface area contributed by atoms with E-state index in [4.69, 9.17) is 14.4 Å². The quantitative estimate of drug-likeness (QED) is 0.794. The highest BCUT2D eigenvalue weighted by atomic mass is 16.5. The molecule has 0 aromatic carbocycles.